The quantitative estimate of drug-likeness (QED) is 0.727. The van der Waals surface area contributed by atoms with Crippen LogP contribution in [-0.2, 0) is 4.79 Å². The molecule has 1 fully saturated rings. The van der Waals surface area contributed by atoms with Crippen LogP contribution in [-0.4, -0.2) is 66.6 Å². The number of nitrogens with zero attached hydrogens (tertiary/aromatic N) is 3. The molecule has 1 atom stereocenters. The summed E-state index contributed by atoms with van der Waals surface area (Å²) in [7, 11) is 1.86. The zero-order chi connectivity index (χ0) is 19.2. The smallest absolute Gasteiger partial charge is 0.407 e. The van der Waals surface area contributed by atoms with Crippen LogP contribution in [0.5, 0.6) is 0 Å². The lowest BCUT2D eigenvalue weighted by Crippen LogP contribution is -2.49. The molecule has 1 unspecified atom stereocenters. The van der Waals surface area contributed by atoms with Gasteiger partial charge < -0.3 is 20.1 Å². The van der Waals surface area contributed by atoms with Crippen molar-refractivity contribution in [1.29, 1.82) is 0 Å². The lowest BCUT2D eigenvalue weighted by atomic mass is 9.88. The Morgan fingerprint density at radius 1 is 1.37 bits per heavy atom. The van der Waals surface area contributed by atoms with E-state index in [1.807, 2.05) is 31.4 Å². The average Bonchev–Trinajstić information content (AvgIpc) is 2.71. The number of hydrogen-bond acceptors (Lipinski definition) is 5. The first-order valence-corrected chi connectivity index (χ1v) is 9.31. The molecule has 3 rings (SSSR count). The number of piperidine rings is 1. The molecule has 144 valence electrons. The molecule has 1 aliphatic rings. The van der Waals surface area contributed by atoms with E-state index in [4.69, 9.17) is 0 Å². The van der Waals surface area contributed by atoms with E-state index >= 15 is 0 Å². The van der Waals surface area contributed by atoms with Crippen molar-refractivity contribution in [1.82, 2.24) is 15.2 Å². The highest BCUT2D eigenvalue weighted by atomic mass is 16.4. The van der Waals surface area contributed by atoms with Crippen LogP contribution in [0, 0.1) is 5.92 Å². The van der Waals surface area contributed by atoms with Gasteiger partial charge in [0.1, 0.15) is 6.29 Å². The number of carbonyl (C=O) groups is 2. The summed E-state index contributed by atoms with van der Waals surface area (Å²) in [6.45, 7) is 2.07. The van der Waals surface area contributed by atoms with Crippen LogP contribution in [0.25, 0.3) is 10.9 Å². The van der Waals surface area contributed by atoms with Crippen LogP contribution in [0.4, 0.5) is 10.5 Å². The second-order valence-electron chi connectivity index (χ2n) is 6.92. The number of carboxylic acid groups (broad SMARTS) is 1. The molecule has 2 N–H and O–H groups in total. The molecule has 1 aromatic heterocycles. The average molecular weight is 370 g/mol. The number of nitrogens with one attached hydrogen (secondary N) is 1. The number of pyridine rings is 1. The van der Waals surface area contributed by atoms with E-state index in [-0.39, 0.29) is 12.6 Å². The van der Waals surface area contributed by atoms with Gasteiger partial charge >= 0.3 is 6.09 Å². The van der Waals surface area contributed by atoms with Crippen LogP contribution in [0.2, 0.25) is 0 Å². The molecule has 0 bridgehead atoms. The van der Waals surface area contributed by atoms with Crippen LogP contribution >= 0.6 is 0 Å². The number of benzene rings is 1. The van der Waals surface area contributed by atoms with E-state index in [0.29, 0.717) is 18.7 Å². The third-order valence-electron chi connectivity index (χ3n) is 5.43. The van der Waals surface area contributed by atoms with Crippen molar-refractivity contribution in [3.05, 3.63) is 36.5 Å². The van der Waals surface area contributed by atoms with Gasteiger partial charge in [0.25, 0.3) is 0 Å². The standard InChI is InChI=1S/C20H26N4O3/c1-21-18(14-24(12-13-25)20(26)27)15-7-10-23(11-8-15)19-6-9-22-17-5-3-2-4-16(17)19/h2-6,9,13,15,18,21H,7-8,10-12,14H2,1H3,(H,26,27). The molecule has 1 aromatic carbocycles. The molecule has 2 aromatic rings. The Bertz CT molecular complexity index is 784. The largest absolute Gasteiger partial charge is 0.465 e. The van der Waals surface area contributed by atoms with E-state index in [9.17, 15) is 14.7 Å². The highest BCUT2D eigenvalue weighted by Crippen LogP contribution is 2.30. The number of rotatable bonds is 7. The van der Waals surface area contributed by atoms with Gasteiger partial charge in [-0.2, -0.15) is 0 Å². The molecule has 1 saturated heterocycles. The third-order valence-corrected chi connectivity index (χ3v) is 5.43. The van der Waals surface area contributed by atoms with E-state index < -0.39 is 6.09 Å². The number of likely N-dealkylation sites (N-methyl/N-ethyl adjacent to an activating group) is 1. The van der Waals surface area contributed by atoms with Crippen molar-refractivity contribution in [2.45, 2.75) is 18.9 Å². The number of fused-ring (bicyclic) bond motifs is 1. The number of para-hydroxylation sites is 1. The van der Waals surface area contributed by atoms with Gasteiger partial charge in [0.15, 0.2) is 0 Å². The molecule has 2 heterocycles. The van der Waals surface area contributed by atoms with Crippen LogP contribution in [0.3, 0.4) is 0 Å². The highest BCUT2D eigenvalue weighted by Gasteiger charge is 2.28. The number of aromatic nitrogens is 1. The van der Waals surface area contributed by atoms with Gasteiger partial charge in [0, 0.05) is 42.9 Å². The van der Waals surface area contributed by atoms with Crippen molar-refractivity contribution >= 4 is 29.0 Å². The van der Waals surface area contributed by atoms with Crippen molar-refractivity contribution in [3.63, 3.8) is 0 Å². The number of aldehydes is 1. The Kier molecular flexibility index (Phi) is 6.24. The summed E-state index contributed by atoms with van der Waals surface area (Å²) in [5.74, 6) is 0.368. The fraction of sp³-hybridized carbons (Fsp3) is 0.450. The van der Waals surface area contributed by atoms with E-state index in [0.717, 1.165) is 36.8 Å². The Morgan fingerprint density at radius 3 is 2.78 bits per heavy atom. The van der Waals surface area contributed by atoms with Crippen LogP contribution in [0.15, 0.2) is 36.5 Å². The summed E-state index contributed by atoms with van der Waals surface area (Å²) < 4.78 is 0. The molecule has 0 saturated carbocycles. The Labute approximate surface area is 159 Å². The molecular weight excluding hydrogens is 344 g/mol. The summed E-state index contributed by atoms with van der Waals surface area (Å²) in [5.41, 5.74) is 2.20. The van der Waals surface area contributed by atoms with Gasteiger partial charge in [0.05, 0.1) is 12.1 Å². The Balaban J connectivity index is 1.66. The molecule has 0 aliphatic carbocycles. The first-order chi connectivity index (χ1) is 13.1. The van der Waals surface area contributed by atoms with Gasteiger partial charge in [-0.1, -0.05) is 18.2 Å². The second kappa shape index (κ2) is 8.81. The Hall–Kier alpha value is -2.67. The van der Waals surface area contributed by atoms with Crippen molar-refractivity contribution in [2.24, 2.45) is 5.92 Å². The fourth-order valence-corrected chi connectivity index (χ4v) is 3.93. The molecule has 7 heteroatoms. The van der Waals surface area contributed by atoms with Gasteiger partial charge in [-0.05, 0) is 37.9 Å². The van der Waals surface area contributed by atoms with Gasteiger partial charge in [-0.3, -0.25) is 9.88 Å². The van der Waals surface area contributed by atoms with Crippen molar-refractivity contribution < 1.29 is 14.7 Å². The van der Waals surface area contributed by atoms with E-state index in [1.165, 1.54) is 10.6 Å². The van der Waals surface area contributed by atoms with Crippen LogP contribution in [0.1, 0.15) is 12.8 Å². The highest BCUT2D eigenvalue weighted by molar-refractivity contribution is 5.91. The molecule has 0 radical (unpaired) electrons. The SMILES string of the molecule is CNC(CN(CC=O)C(=O)O)C1CCN(c2ccnc3ccccc23)CC1. The zero-order valence-corrected chi connectivity index (χ0v) is 15.5. The minimum atomic E-state index is -1.05. The zero-order valence-electron chi connectivity index (χ0n) is 15.5. The van der Waals surface area contributed by atoms with Gasteiger partial charge in [-0.25, -0.2) is 4.79 Å². The maximum absolute atomic E-state index is 11.3. The van der Waals surface area contributed by atoms with Crippen LogP contribution < -0.4 is 10.2 Å². The van der Waals surface area contributed by atoms with Crippen molar-refractivity contribution in [3.8, 4) is 0 Å². The molecule has 0 spiro atoms. The van der Waals surface area contributed by atoms with Crippen molar-refractivity contribution in [2.75, 3.05) is 38.1 Å². The minimum absolute atomic E-state index is 0.0392. The minimum Gasteiger partial charge on any atom is -0.465 e. The molecular formula is C20H26N4O3. The third kappa shape index (κ3) is 4.36. The second-order valence-corrected chi connectivity index (χ2v) is 6.92. The normalized spacial score (nSPS) is 16.3. The Morgan fingerprint density at radius 2 is 2.11 bits per heavy atom. The van der Waals surface area contributed by atoms with Gasteiger partial charge in [-0.15, -0.1) is 0 Å². The number of anilines is 1. The summed E-state index contributed by atoms with van der Waals surface area (Å²) in [6, 6.07) is 10.3. The monoisotopic (exact) mass is 370 g/mol. The maximum Gasteiger partial charge on any atom is 0.407 e. The first-order valence-electron chi connectivity index (χ1n) is 9.31. The summed E-state index contributed by atoms with van der Waals surface area (Å²) in [6.07, 6.45) is 3.37. The lowest BCUT2D eigenvalue weighted by molar-refractivity contribution is -0.108. The first kappa shape index (κ1) is 19.1. The molecule has 7 nitrogen and oxygen atoms in total. The topological polar surface area (TPSA) is 85.8 Å². The summed E-state index contributed by atoms with van der Waals surface area (Å²) in [5, 5.41) is 13.7. The van der Waals surface area contributed by atoms with E-state index in [1.54, 1.807) is 0 Å². The molecule has 1 aliphatic heterocycles. The van der Waals surface area contributed by atoms with E-state index in [2.05, 4.69) is 27.3 Å². The molecule has 1 amide bonds. The maximum atomic E-state index is 11.3. The van der Waals surface area contributed by atoms with Gasteiger partial charge in [0.2, 0.25) is 0 Å². The predicted octanol–water partition coefficient (Wildman–Crippen LogP) is 2.22. The number of hydrogen-bond donors (Lipinski definition) is 2. The lowest BCUT2D eigenvalue weighted by Gasteiger charge is -2.38. The summed E-state index contributed by atoms with van der Waals surface area (Å²) in [4.78, 5) is 30.0. The predicted molar refractivity (Wildman–Crippen MR) is 105 cm³/mol. The number of amides is 1. The fourth-order valence-electron chi connectivity index (χ4n) is 3.93. The number of carbonyl (C=O) groups excluding carboxylic acids is 1. The summed E-state index contributed by atoms with van der Waals surface area (Å²) >= 11 is 0. The molecule has 27 heavy (non-hydrogen) atoms.